The number of nitrogens with zero attached hydrogens (tertiary/aromatic N) is 7. The Morgan fingerprint density at radius 2 is 1.93 bits per heavy atom. The number of pyridine rings is 1. The van der Waals surface area contributed by atoms with Crippen LogP contribution in [0.15, 0.2) is 48.4 Å². The zero-order chi connectivity index (χ0) is 20.9. The minimum absolute atomic E-state index is 0.232. The first-order valence-corrected chi connectivity index (χ1v) is 9.03. The highest BCUT2D eigenvalue weighted by Gasteiger charge is 2.33. The zero-order valence-corrected chi connectivity index (χ0v) is 15.7. The van der Waals surface area contributed by atoms with Crippen molar-refractivity contribution in [2.24, 2.45) is 7.05 Å². The summed E-state index contributed by atoms with van der Waals surface area (Å²) in [5.41, 5.74) is 3.87. The Balaban J connectivity index is 1.50. The maximum absolute atomic E-state index is 13.0. The van der Waals surface area contributed by atoms with Crippen LogP contribution in [0, 0.1) is 0 Å². The van der Waals surface area contributed by atoms with E-state index in [-0.39, 0.29) is 11.5 Å². The SMILES string of the molecule is Cn1cc(-c2cnc3c(c2)CC(=Cc2nnc4ccc(C(F)(F)F)nn24)C=C3)cn1. The first-order valence-electron chi connectivity index (χ1n) is 9.03. The quantitative estimate of drug-likeness (QED) is 0.506. The van der Waals surface area contributed by atoms with Gasteiger partial charge in [-0.05, 0) is 47.9 Å². The molecule has 0 radical (unpaired) electrons. The average molecular weight is 409 g/mol. The van der Waals surface area contributed by atoms with Crippen molar-refractivity contribution in [3.8, 4) is 11.1 Å². The van der Waals surface area contributed by atoms with E-state index in [4.69, 9.17) is 0 Å². The number of alkyl halides is 3. The molecule has 0 saturated carbocycles. The van der Waals surface area contributed by atoms with Crippen molar-refractivity contribution in [2.45, 2.75) is 12.6 Å². The van der Waals surface area contributed by atoms with Crippen molar-refractivity contribution < 1.29 is 13.2 Å². The topological polar surface area (TPSA) is 73.8 Å². The van der Waals surface area contributed by atoms with Crippen molar-refractivity contribution in [1.82, 2.24) is 34.6 Å². The summed E-state index contributed by atoms with van der Waals surface area (Å²) in [5.74, 6) is 0.232. The highest BCUT2D eigenvalue weighted by molar-refractivity contribution is 5.69. The molecule has 10 heteroatoms. The van der Waals surface area contributed by atoms with Gasteiger partial charge in [-0.25, -0.2) is 0 Å². The van der Waals surface area contributed by atoms with Gasteiger partial charge in [0, 0.05) is 30.6 Å². The normalized spacial score (nSPS) is 15.1. The number of halogens is 3. The molecule has 4 heterocycles. The fourth-order valence-electron chi connectivity index (χ4n) is 3.32. The predicted molar refractivity (Wildman–Crippen MR) is 103 cm³/mol. The molecule has 4 aromatic heterocycles. The fourth-order valence-corrected chi connectivity index (χ4v) is 3.32. The van der Waals surface area contributed by atoms with Crippen LogP contribution in [0.1, 0.15) is 22.8 Å². The standard InChI is InChI=1S/C20H14F3N7/c1-29-11-15(10-25-29)14-8-13-6-12(2-3-16(13)24-9-14)7-19-27-26-18-5-4-17(20(21,22)23)28-30(18)19/h2-5,7-11H,6H2,1H3. The smallest absolute Gasteiger partial charge is 0.275 e. The Labute approximate surface area is 168 Å². The lowest BCUT2D eigenvalue weighted by molar-refractivity contribution is -0.141. The van der Waals surface area contributed by atoms with Crippen LogP contribution in [-0.4, -0.2) is 34.6 Å². The van der Waals surface area contributed by atoms with Gasteiger partial charge >= 0.3 is 6.18 Å². The number of fused-ring (bicyclic) bond motifs is 2. The molecule has 0 aromatic carbocycles. The minimum atomic E-state index is -4.54. The summed E-state index contributed by atoms with van der Waals surface area (Å²) in [5, 5.41) is 15.7. The van der Waals surface area contributed by atoms with Crippen LogP contribution in [0.2, 0.25) is 0 Å². The Morgan fingerprint density at radius 3 is 2.70 bits per heavy atom. The van der Waals surface area contributed by atoms with E-state index in [0.717, 1.165) is 38.5 Å². The lowest BCUT2D eigenvalue weighted by Crippen LogP contribution is -2.11. The molecule has 1 aliphatic rings. The maximum atomic E-state index is 13.0. The molecule has 0 amide bonds. The molecule has 150 valence electrons. The first kappa shape index (κ1) is 18.2. The van der Waals surface area contributed by atoms with Crippen LogP contribution in [0.4, 0.5) is 13.2 Å². The van der Waals surface area contributed by atoms with Gasteiger partial charge in [-0.1, -0.05) is 6.08 Å². The summed E-state index contributed by atoms with van der Waals surface area (Å²) in [6, 6.07) is 4.18. The number of aryl methyl sites for hydroxylation is 1. The van der Waals surface area contributed by atoms with E-state index in [1.807, 2.05) is 31.5 Å². The van der Waals surface area contributed by atoms with E-state index >= 15 is 0 Å². The van der Waals surface area contributed by atoms with Crippen molar-refractivity contribution in [3.63, 3.8) is 0 Å². The summed E-state index contributed by atoms with van der Waals surface area (Å²) < 4.78 is 41.8. The second-order valence-electron chi connectivity index (χ2n) is 6.94. The molecule has 0 atom stereocenters. The minimum Gasteiger partial charge on any atom is -0.275 e. The molecule has 0 unspecified atom stereocenters. The lowest BCUT2D eigenvalue weighted by atomic mass is 9.95. The summed E-state index contributed by atoms with van der Waals surface area (Å²) in [7, 11) is 1.85. The van der Waals surface area contributed by atoms with E-state index in [1.165, 1.54) is 6.07 Å². The average Bonchev–Trinajstić information content (AvgIpc) is 3.33. The molecule has 30 heavy (non-hydrogen) atoms. The van der Waals surface area contributed by atoms with Crippen molar-refractivity contribution >= 4 is 17.8 Å². The van der Waals surface area contributed by atoms with Crippen LogP contribution >= 0.6 is 0 Å². The highest BCUT2D eigenvalue weighted by atomic mass is 19.4. The molecule has 0 fully saturated rings. The third-order valence-electron chi connectivity index (χ3n) is 4.78. The van der Waals surface area contributed by atoms with Crippen molar-refractivity contribution in [2.75, 3.05) is 0 Å². The zero-order valence-electron chi connectivity index (χ0n) is 15.7. The van der Waals surface area contributed by atoms with E-state index in [1.54, 1.807) is 23.2 Å². The summed E-state index contributed by atoms with van der Waals surface area (Å²) in [6.07, 6.45) is 6.91. The van der Waals surface area contributed by atoms with Crippen molar-refractivity contribution in [3.05, 3.63) is 71.2 Å². The van der Waals surface area contributed by atoms with Crippen molar-refractivity contribution in [1.29, 1.82) is 0 Å². The maximum Gasteiger partial charge on any atom is 0.435 e. The van der Waals surface area contributed by atoms with Gasteiger partial charge in [0.1, 0.15) is 0 Å². The van der Waals surface area contributed by atoms with Crippen LogP contribution in [0.25, 0.3) is 28.9 Å². The molecule has 7 nitrogen and oxygen atoms in total. The number of hydrogen-bond acceptors (Lipinski definition) is 5. The Hall–Kier alpha value is -3.82. The molecule has 4 aromatic rings. The van der Waals surface area contributed by atoms with Crippen LogP contribution < -0.4 is 0 Å². The number of aromatic nitrogens is 7. The number of rotatable bonds is 2. The molecule has 0 spiro atoms. The molecule has 5 rings (SSSR count). The first-order chi connectivity index (χ1) is 14.4. The largest absolute Gasteiger partial charge is 0.435 e. The van der Waals surface area contributed by atoms with E-state index < -0.39 is 11.9 Å². The third kappa shape index (κ3) is 3.25. The van der Waals surface area contributed by atoms with Gasteiger partial charge in [0.15, 0.2) is 17.2 Å². The van der Waals surface area contributed by atoms with Crippen LogP contribution in [-0.2, 0) is 19.6 Å². The number of hydrogen-bond donors (Lipinski definition) is 0. The molecule has 0 aliphatic heterocycles. The third-order valence-corrected chi connectivity index (χ3v) is 4.78. The Bertz CT molecular complexity index is 1330. The summed E-state index contributed by atoms with van der Waals surface area (Å²) in [6.45, 7) is 0. The van der Waals surface area contributed by atoms with Gasteiger partial charge in [0.25, 0.3) is 0 Å². The molecular formula is C20H14F3N7. The molecule has 0 N–H and O–H groups in total. The van der Waals surface area contributed by atoms with E-state index in [2.05, 4.69) is 25.4 Å². The van der Waals surface area contributed by atoms with E-state index in [9.17, 15) is 13.2 Å². The molecule has 1 aliphatic carbocycles. The van der Waals surface area contributed by atoms with Gasteiger partial charge in [0.05, 0.1) is 11.9 Å². The van der Waals surface area contributed by atoms with Gasteiger partial charge in [-0.2, -0.15) is 27.9 Å². The van der Waals surface area contributed by atoms with Gasteiger partial charge in [-0.3, -0.25) is 9.67 Å². The van der Waals surface area contributed by atoms with Crippen LogP contribution in [0.3, 0.4) is 0 Å². The van der Waals surface area contributed by atoms with E-state index in [0.29, 0.717) is 6.42 Å². The fraction of sp³-hybridized carbons (Fsp3) is 0.150. The Kier molecular flexibility index (Phi) is 4.02. The van der Waals surface area contributed by atoms with Crippen LogP contribution in [0.5, 0.6) is 0 Å². The van der Waals surface area contributed by atoms with Gasteiger partial charge < -0.3 is 0 Å². The second kappa shape index (κ2) is 6.61. The molecule has 0 saturated heterocycles. The predicted octanol–water partition coefficient (Wildman–Crippen LogP) is 3.59. The number of allylic oxidation sites excluding steroid dienone is 2. The van der Waals surface area contributed by atoms with Gasteiger partial charge in [0.2, 0.25) is 0 Å². The molecular weight excluding hydrogens is 395 g/mol. The Morgan fingerprint density at radius 1 is 1.07 bits per heavy atom. The molecule has 0 bridgehead atoms. The van der Waals surface area contributed by atoms with Gasteiger partial charge in [-0.15, -0.1) is 10.2 Å². The monoisotopic (exact) mass is 409 g/mol. The highest BCUT2D eigenvalue weighted by Crippen LogP contribution is 2.29. The summed E-state index contributed by atoms with van der Waals surface area (Å²) >= 11 is 0. The second-order valence-corrected chi connectivity index (χ2v) is 6.94. The summed E-state index contributed by atoms with van der Waals surface area (Å²) in [4.78, 5) is 4.50. The lowest BCUT2D eigenvalue weighted by Gasteiger charge is -2.13.